The molecule has 0 aromatic carbocycles. The van der Waals surface area contributed by atoms with Gasteiger partial charge in [0, 0.05) is 18.4 Å². The van der Waals surface area contributed by atoms with Crippen molar-refractivity contribution in [2.24, 2.45) is 5.92 Å². The molecule has 0 amide bonds. The second-order valence-corrected chi connectivity index (χ2v) is 5.87. The average molecular weight is 223 g/mol. The highest BCUT2D eigenvalue weighted by Gasteiger charge is 2.43. The maximum atomic E-state index is 11.4. The molecular formula is C14H25NO. The van der Waals surface area contributed by atoms with E-state index in [0.717, 1.165) is 31.6 Å². The van der Waals surface area contributed by atoms with Crippen molar-refractivity contribution in [1.29, 1.82) is 0 Å². The third kappa shape index (κ3) is 2.17. The molecule has 0 saturated heterocycles. The van der Waals surface area contributed by atoms with Crippen molar-refractivity contribution in [3.8, 4) is 0 Å². The first-order valence-corrected chi connectivity index (χ1v) is 6.84. The van der Waals surface area contributed by atoms with Crippen molar-refractivity contribution in [2.45, 2.75) is 63.3 Å². The van der Waals surface area contributed by atoms with Crippen LogP contribution in [0, 0.1) is 5.92 Å². The SMILES string of the molecule is CN(C)C1(C2CCCCC2)CCC(=O)CC1. The van der Waals surface area contributed by atoms with Gasteiger partial charge in [-0.25, -0.2) is 0 Å². The average Bonchev–Trinajstić information content (AvgIpc) is 2.31. The van der Waals surface area contributed by atoms with Crippen molar-refractivity contribution >= 4 is 5.78 Å². The quantitative estimate of drug-likeness (QED) is 0.717. The van der Waals surface area contributed by atoms with Crippen LogP contribution in [-0.4, -0.2) is 30.3 Å². The van der Waals surface area contributed by atoms with Gasteiger partial charge in [0.15, 0.2) is 0 Å². The summed E-state index contributed by atoms with van der Waals surface area (Å²) in [6.45, 7) is 0. The zero-order chi connectivity index (χ0) is 11.6. The highest BCUT2D eigenvalue weighted by atomic mass is 16.1. The van der Waals surface area contributed by atoms with Crippen LogP contribution in [0.4, 0.5) is 0 Å². The van der Waals surface area contributed by atoms with Gasteiger partial charge in [-0.15, -0.1) is 0 Å². The van der Waals surface area contributed by atoms with Crippen LogP contribution in [0.1, 0.15) is 57.8 Å². The van der Waals surface area contributed by atoms with Crippen LogP contribution in [0.3, 0.4) is 0 Å². The van der Waals surface area contributed by atoms with Gasteiger partial charge in [0.1, 0.15) is 5.78 Å². The van der Waals surface area contributed by atoms with Crippen molar-refractivity contribution < 1.29 is 4.79 Å². The molecule has 0 heterocycles. The molecule has 0 N–H and O–H groups in total. The lowest BCUT2D eigenvalue weighted by atomic mass is 9.66. The van der Waals surface area contributed by atoms with E-state index < -0.39 is 0 Å². The normalized spacial score (nSPS) is 27.3. The summed E-state index contributed by atoms with van der Waals surface area (Å²) < 4.78 is 0. The van der Waals surface area contributed by atoms with Crippen LogP contribution in [0.25, 0.3) is 0 Å². The van der Waals surface area contributed by atoms with Crippen LogP contribution >= 0.6 is 0 Å². The van der Waals surface area contributed by atoms with Crippen molar-refractivity contribution in [1.82, 2.24) is 4.90 Å². The minimum absolute atomic E-state index is 0.342. The summed E-state index contributed by atoms with van der Waals surface area (Å²) in [4.78, 5) is 13.9. The second-order valence-electron chi connectivity index (χ2n) is 5.87. The van der Waals surface area contributed by atoms with Gasteiger partial charge < -0.3 is 4.90 Å². The van der Waals surface area contributed by atoms with Gasteiger partial charge in [-0.2, -0.15) is 0 Å². The maximum absolute atomic E-state index is 11.4. The summed E-state index contributed by atoms with van der Waals surface area (Å²) in [7, 11) is 4.43. The molecule has 92 valence electrons. The Bertz CT molecular complexity index is 243. The van der Waals surface area contributed by atoms with Gasteiger partial charge in [0.25, 0.3) is 0 Å². The lowest BCUT2D eigenvalue weighted by molar-refractivity contribution is -0.124. The number of Topliss-reactive ketones (excluding diaryl/α,β-unsaturated/α-hetero) is 1. The fraction of sp³-hybridized carbons (Fsp3) is 0.929. The number of hydrogen-bond donors (Lipinski definition) is 0. The Hall–Kier alpha value is -0.370. The second kappa shape index (κ2) is 4.87. The van der Waals surface area contributed by atoms with E-state index in [9.17, 15) is 4.79 Å². The highest BCUT2D eigenvalue weighted by molar-refractivity contribution is 5.79. The topological polar surface area (TPSA) is 20.3 Å². The van der Waals surface area contributed by atoms with Crippen molar-refractivity contribution in [3.63, 3.8) is 0 Å². The van der Waals surface area contributed by atoms with Gasteiger partial charge in [-0.3, -0.25) is 4.79 Å². The zero-order valence-corrected chi connectivity index (χ0v) is 10.8. The van der Waals surface area contributed by atoms with Gasteiger partial charge >= 0.3 is 0 Å². The van der Waals surface area contributed by atoms with E-state index in [0.29, 0.717) is 11.3 Å². The summed E-state index contributed by atoms with van der Waals surface area (Å²) in [6, 6.07) is 0. The molecule has 16 heavy (non-hydrogen) atoms. The highest BCUT2D eigenvalue weighted by Crippen LogP contribution is 2.43. The Labute approximate surface area is 99.4 Å². The molecule has 2 heteroatoms. The molecule has 2 aliphatic carbocycles. The van der Waals surface area contributed by atoms with Crippen molar-refractivity contribution in [2.75, 3.05) is 14.1 Å². The molecule has 0 bridgehead atoms. The summed E-state index contributed by atoms with van der Waals surface area (Å²) in [5.41, 5.74) is 0.342. The first-order valence-electron chi connectivity index (χ1n) is 6.84. The number of ketones is 1. The van der Waals surface area contributed by atoms with E-state index in [-0.39, 0.29) is 0 Å². The molecule has 0 radical (unpaired) electrons. The number of carbonyl (C=O) groups excluding carboxylic acids is 1. The number of hydrogen-bond acceptors (Lipinski definition) is 2. The Balaban J connectivity index is 2.11. The van der Waals surface area contributed by atoms with E-state index in [1.165, 1.54) is 32.1 Å². The van der Waals surface area contributed by atoms with Crippen LogP contribution in [0.5, 0.6) is 0 Å². The van der Waals surface area contributed by atoms with E-state index in [2.05, 4.69) is 19.0 Å². The predicted octanol–water partition coefficient (Wildman–Crippen LogP) is 3.01. The summed E-state index contributed by atoms with van der Waals surface area (Å²) in [5.74, 6) is 1.32. The minimum atomic E-state index is 0.342. The number of nitrogens with zero attached hydrogens (tertiary/aromatic N) is 1. The third-order valence-corrected chi connectivity index (χ3v) is 4.93. The van der Waals surface area contributed by atoms with Crippen LogP contribution < -0.4 is 0 Å². The fourth-order valence-electron chi connectivity index (χ4n) is 3.82. The lowest BCUT2D eigenvalue weighted by Gasteiger charge is -2.49. The van der Waals surface area contributed by atoms with E-state index in [4.69, 9.17) is 0 Å². The fourth-order valence-corrected chi connectivity index (χ4v) is 3.82. The number of rotatable bonds is 2. The molecular weight excluding hydrogens is 198 g/mol. The van der Waals surface area contributed by atoms with Crippen molar-refractivity contribution in [3.05, 3.63) is 0 Å². The molecule has 0 unspecified atom stereocenters. The molecule has 0 aromatic heterocycles. The van der Waals surface area contributed by atoms with E-state index in [1.807, 2.05) is 0 Å². The van der Waals surface area contributed by atoms with Gasteiger partial charge in [0.05, 0.1) is 0 Å². The Morgan fingerprint density at radius 3 is 2.12 bits per heavy atom. The summed E-state index contributed by atoms with van der Waals surface area (Å²) in [5, 5.41) is 0. The Kier molecular flexibility index (Phi) is 3.68. The molecule has 2 aliphatic rings. The van der Waals surface area contributed by atoms with E-state index >= 15 is 0 Å². The van der Waals surface area contributed by atoms with Crippen LogP contribution in [0.15, 0.2) is 0 Å². The third-order valence-electron chi connectivity index (χ3n) is 4.93. The van der Waals surface area contributed by atoms with Gasteiger partial charge in [-0.1, -0.05) is 19.3 Å². The zero-order valence-electron chi connectivity index (χ0n) is 10.8. The molecule has 0 spiro atoms. The minimum Gasteiger partial charge on any atom is -0.303 e. The molecule has 0 aliphatic heterocycles. The first kappa shape index (κ1) is 12.1. The summed E-state index contributed by atoms with van der Waals surface area (Å²) in [6.07, 6.45) is 10.8. The summed E-state index contributed by atoms with van der Waals surface area (Å²) >= 11 is 0. The maximum Gasteiger partial charge on any atom is 0.133 e. The van der Waals surface area contributed by atoms with Crippen LogP contribution in [-0.2, 0) is 4.79 Å². The lowest BCUT2D eigenvalue weighted by Crippen LogP contribution is -2.53. The van der Waals surface area contributed by atoms with E-state index in [1.54, 1.807) is 0 Å². The molecule has 2 rings (SSSR count). The Morgan fingerprint density at radius 1 is 1.06 bits per heavy atom. The smallest absolute Gasteiger partial charge is 0.133 e. The molecule has 2 nitrogen and oxygen atoms in total. The molecule has 0 atom stereocenters. The van der Waals surface area contributed by atoms with Gasteiger partial charge in [-0.05, 0) is 45.7 Å². The monoisotopic (exact) mass is 223 g/mol. The molecule has 0 aromatic rings. The largest absolute Gasteiger partial charge is 0.303 e. The molecule has 2 fully saturated rings. The Morgan fingerprint density at radius 2 is 1.62 bits per heavy atom. The standard InChI is InChI=1S/C14H25NO/c1-15(2)14(10-8-13(16)9-11-14)12-6-4-3-5-7-12/h12H,3-11H2,1-2H3. The first-order chi connectivity index (χ1) is 7.65. The number of carbonyl (C=O) groups is 1. The van der Waals surface area contributed by atoms with Gasteiger partial charge in [0.2, 0.25) is 0 Å². The molecule has 2 saturated carbocycles. The van der Waals surface area contributed by atoms with Crippen LogP contribution in [0.2, 0.25) is 0 Å². The predicted molar refractivity (Wildman–Crippen MR) is 66.5 cm³/mol.